The molecule has 2 aromatic carbocycles. The van der Waals surface area contributed by atoms with Crippen LogP contribution in [0.3, 0.4) is 0 Å². The number of phenolic OH excluding ortho intramolecular Hbond substituents is 2. The van der Waals surface area contributed by atoms with Gasteiger partial charge in [-0.15, -0.1) is 0 Å². The first-order valence-electron chi connectivity index (χ1n) is 10.8. The zero-order chi connectivity index (χ0) is 22.0. The quantitative estimate of drug-likeness (QED) is 0.535. The first-order chi connectivity index (χ1) is 14.2. The Morgan fingerprint density at radius 3 is 1.63 bits per heavy atom. The van der Waals surface area contributed by atoms with Crippen molar-refractivity contribution in [3.63, 3.8) is 0 Å². The summed E-state index contributed by atoms with van der Waals surface area (Å²) in [6, 6.07) is 8.39. The van der Waals surface area contributed by atoms with Crippen LogP contribution in [0.5, 0.6) is 11.5 Å². The molecule has 0 saturated heterocycles. The lowest BCUT2D eigenvalue weighted by Crippen LogP contribution is -2.02. The topological polar surface area (TPSA) is 40.5 Å². The van der Waals surface area contributed by atoms with Crippen molar-refractivity contribution >= 4 is 0 Å². The summed E-state index contributed by atoms with van der Waals surface area (Å²) in [5, 5.41) is 20.1. The predicted molar refractivity (Wildman–Crippen MR) is 126 cm³/mol. The highest BCUT2D eigenvalue weighted by atomic mass is 16.3. The van der Waals surface area contributed by atoms with Crippen molar-refractivity contribution < 1.29 is 10.2 Å². The van der Waals surface area contributed by atoms with Gasteiger partial charge in [-0.25, -0.2) is 0 Å². The molecule has 30 heavy (non-hydrogen) atoms. The Hall–Kier alpha value is -2.74. The van der Waals surface area contributed by atoms with Crippen LogP contribution in [0.1, 0.15) is 60.1 Å². The second-order valence-corrected chi connectivity index (χ2v) is 8.98. The van der Waals surface area contributed by atoms with Gasteiger partial charge >= 0.3 is 0 Å². The molecule has 0 aliphatic heterocycles. The summed E-state index contributed by atoms with van der Waals surface area (Å²) in [4.78, 5) is 0. The molecule has 2 aromatic rings. The molecule has 0 aromatic heterocycles. The Morgan fingerprint density at radius 2 is 1.17 bits per heavy atom. The van der Waals surface area contributed by atoms with Crippen LogP contribution in [0.15, 0.2) is 58.7 Å². The van der Waals surface area contributed by atoms with E-state index in [1.54, 1.807) is 0 Å². The van der Waals surface area contributed by atoms with Crippen molar-refractivity contribution in [1.82, 2.24) is 0 Å². The van der Waals surface area contributed by atoms with Crippen LogP contribution < -0.4 is 0 Å². The van der Waals surface area contributed by atoms with Gasteiger partial charge in [-0.05, 0) is 106 Å². The fourth-order valence-electron chi connectivity index (χ4n) is 4.47. The molecule has 0 heterocycles. The smallest absolute Gasteiger partial charge is 0.121 e. The van der Waals surface area contributed by atoms with Gasteiger partial charge in [-0.3, -0.25) is 0 Å². The maximum absolute atomic E-state index is 10.0. The minimum absolute atomic E-state index is 0.405. The van der Waals surface area contributed by atoms with Crippen molar-refractivity contribution in [3.05, 3.63) is 92.1 Å². The molecule has 0 saturated carbocycles. The Morgan fingerprint density at radius 1 is 0.733 bits per heavy atom. The maximum Gasteiger partial charge on any atom is 0.121 e. The van der Waals surface area contributed by atoms with E-state index in [0.29, 0.717) is 11.5 Å². The van der Waals surface area contributed by atoms with Crippen LogP contribution in [0.25, 0.3) is 0 Å². The second-order valence-electron chi connectivity index (χ2n) is 8.98. The molecule has 2 N–H and O–H groups in total. The second kappa shape index (κ2) is 8.95. The van der Waals surface area contributed by atoms with Crippen LogP contribution in [-0.2, 0) is 12.8 Å². The molecule has 0 fully saturated rings. The SMILES string of the molecule is C/C(Cc1cc(C)c(O)c(C)c1)=C1/C=CC/C(=C(\C)Cc2cc(C)c(O)c(C)c2)C1. The molecule has 0 unspecified atom stereocenters. The van der Waals surface area contributed by atoms with Gasteiger partial charge in [-0.2, -0.15) is 0 Å². The van der Waals surface area contributed by atoms with Crippen molar-refractivity contribution in [2.24, 2.45) is 0 Å². The van der Waals surface area contributed by atoms with Gasteiger partial charge in [0.25, 0.3) is 0 Å². The Balaban J connectivity index is 1.81. The summed E-state index contributed by atoms with van der Waals surface area (Å²) in [5.74, 6) is 0.812. The average Bonchev–Trinajstić information content (AvgIpc) is 2.70. The van der Waals surface area contributed by atoms with E-state index in [1.165, 1.54) is 33.4 Å². The van der Waals surface area contributed by atoms with Gasteiger partial charge in [0, 0.05) is 0 Å². The lowest BCUT2D eigenvalue weighted by Gasteiger charge is -2.19. The van der Waals surface area contributed by atoms with Crippen molar-refractivity contribution in [1.29, 1.82) is 0 Å². The van der Waals surface area contributed by atoms with E-state index in [1.807, 2.05) is 27.7 Å². The first-order valence-corrected chi connectivity index (χ1v) is 10.8. The van der Waals surface area contributed by atoms with Gasteiger partial charge in [0.1, 0.15) is 11.5 Å². The molecule has 0 amide bonds. The highest BCUT2D eigenvalue weighted by molar-refractivity contribution is 5.46. The van der Waals surface area contributed by atoms with Crippen LogP contribution >= 0.6 is 0 Å². The molecule has 0 bridgehead atoms. The third-order valence-corrected chi connectivity index (χ3v) is 6.28. The Bertz CT molecular complexity index is 1020. The Labute approximate surface area is 181 Å². The zero-order valence-corrected chi connectivity index (χ0v) is 19.2. The first kappa shape index (κ1) is 22.0. The third-order valence-electron chi connectivity index (χ3n) is 6.28. The molecular formula is C28H34O2. The molecule has 0 atom stereocenters. The van der Waals surface area contributed by atoms with Crippen molar-refractivity contribution in [3.8, 4) is 11.5 Å². The van der Waals surface area contributed by atoms with Crippen LogP contribution in [0.2, 0.25) is 0 Å². The highest BCUT2D eigenvalue weighted by Gasteiger charge is 2.13. The summed E-state index contributed by atoms with van der Waals surface area (Å²) >= 11 is 0. The molecular weight excluding hydrogens is 368 g/mol. The zero-order valence-electron chi connectivity index (χ0n) is 19.2. The van der Waals surface area contributed by atoms with E-state index in [4.69, 9.17) is 0 Å². The summed E-state index contributed by atoms with van der Waals surface area (Å²) in [6.07, 6.45) is 8.40. The normalized spacial score (nSPS) is 17.3. The van der Waals surface area contributed by atoms with E-state index < -0.39 is 0 Å². The summed E-state index contributed by atoms with van der Waals surface area (Å²) in [5.41, 5.74) is 12.0. The molecule has 158 valence electrons. The standard InChI is InChI=1S/C28H34O2/c1-17(10-23-12-19(3)27(29)20(4)13-23)25-8-7-9-26(16-25)18(2)11-24-14-21(5)28(30)22(6)15-24/h7-8,12-15,29-30H,9-11,16H2,1-6H3/b25-17+,26-18-. The van der Waals surface area contributed by atoms with Crippen LogP contribution in [-0.4, -0.2) is 10.2 Å². The maximum atomic E-state index is 10.0. The van der Waals surface area contributed by atoms with Gasteiger partial charge in [0.15, 0.2) is 0 Å². The fourth-order valence-corrected chi connectivity index (χ4v) is 4.47. The molecule has 1 aliphatic rings. The van der Waals surface area contributed by atoms with Gasteiger partial charge < -0.3 is 10.2 Å². The summed E-state index contributed by atoms with van der Waals surface area (Å²) in [7, 11) is 0. The number of aryl methyl sites for hydroxylation is 4. The Kier molecular flexibility index (Phi) is 6.55. The number of benzene rings is 2. The molecule has 0 spiro atoms. The lowest BCUT2D eigenvalue weighted by molar-refractivity contribution is 0.466. The van der Waals surface area contributed by atoms with E-state index in [0.717, 1.165) is 47.9 Å². The average molecular weight is 403 g/mol. The van der Waals surface area contributed by atoms with E-state index in [9.17, 15) is 10.2 Å². The highest BCUT2D eigenvalue weighted by Crippen LogP contribution is 2.31. The minimum atomic E-state index is 0.405. The number of phenols is 2. The predicted octanol–water partition coefficient (Wildman–Crippen LogP) is 7.10. The lowest BCUT2D eigenvalue weighted by atomic mass is 9.86. The van der Waals surface area contributed by atoms with Crippen molar-refractivity contribution in [2.75, 3.05) is 0 Å². The van der Waals surface area contributed by atoms with Gasteiger partial charge in [0.2, 0.25) is 0 Å². The fraction of sp³-hybridized carbons (Fsp3) is 0.357. The number of hydrogen-bond acceptors (Lipinski definition) is 2. The van der Waals surface area contributed by atoms with E-state index >= 15 is 0 Å². The minimum Gasteiger partial charge on any atom is -0.507 e. The van der Waals surface area contributed by atoms with E-state index in [2.05, 4.69) is 50.3 Å². The largest absolute Gasteiger partial charge is 0.507 e. The molecule has 1 aliphatic carbocycles. The van der Waals surface area contributed by atoms with Crippen LogP contribution in [0, 0.1) is 27.7 Å². The number of hydrogen-bond donors (Lipinski definition) is 2. The van der Waals surface area contributed by atoms with E-state index in [-0.39, 0.29) is 0 Å². The summed E-state index contributed by atoms with van der Waals surface area (Å²) in [6.45, 7) is 12.3. The third kappa shape index (κ3) is 4.87. The number of aromatic hydroxyl groups is 2. The molecule has 2 nitrogen and oxygen atoms in total. The molecule has 0 radical (unpaired) electrons. The summed E-state index contributed by atoms with van der Waals surface area (Å²) < 4.78 is 0. The monoisotopic (exact) mass is 402 g/mol. The number of rotatable bonds is 4. The van der Waals surface area contributed by atoms with Gasteiger partial charge in [-0.1, -0.05) is 53.1 Å². The van der Waals surface area contributed by atoms with Crippen LogP contribution in [0.4, 0.5) is 0 Å². The van der Waals surface area contributed by atoms with Crippen molar-refractivity contribution in [2.45, 2.75) is 67.2 Å². The van der Waals surface area contributed by atoms with Gasteiger partial charge in [0.05, 0.1) is 0 Å². The number of allylic oxidation sites excluding steroid dienone is 6. The molecule has 2 heteroatoms. The molecule has 3 rings (SSSR count).